The Morgan fingerprint density at radius 1 is 1.03 bits per heavy atom. The molecule has 0 spiro atoms. The molecule has 1 aliphatic heterocycles. The van der Waals surface area contributed by atoms with Crippen LogP contribution in [-0.2, 0) is 19.3 Å². The van der Waals surface area contributed by atoms with E-state index in [0.717, 1.165) is 0 Å². The van der Waals surface area contributed by atoms with Gasteiger partial charge in [-0.25, -0.2) is 23.2 Å². The second-order valence-corrected chi connectivity index (χ2v) is 12.1. The molecule has 3 aromatic rings. The van der Waals surface area contributed by atoms with Crippen molar-refractivity contribution >= 4 is 27.4 Å². The monoisotopic (exact) mass is 522 g/mol. The number of nitrogens with one attached hydrogen (secondary N) is 1. The molecular formula is C27H30N4O5S. The molecule has 2 aliphatic rings. The largest absolute Gasteiger partial charge is 0.417 e. The second kappa shape index (κ2) is 9.75. The number of hydrogen-bond donors (Lipinski definition) is 1. The number of hydrogen-bond acceptors (Lipinski definition) is 8. The van der Waals surface area contributed by atoms with Gasteiger partial charge in [0.2, 0.25) is 0 Å². The van der Waals surface area contributed by atoms with Gasteiger partial charge in [-0.3, -0.25) is 5.32 Å². The van der Waals surface area contributed by atoms with E-state index in [0.29, 0.717) is 60.4 Å². The molecule has 2 heterocycles. The first-order valence-corrected chi connectivity index (χ1v) is 14.1. The van der Waals surface area contributed by atoms with Crippen molar-refractivity contribution in [2.75, 3.05) is 29.7 Å². The summed E-state index contributed by atoms with van der Waals surface area (Å²) in [5.41, 5.74) is 1.78. The number of benzene rings is 2. The van der Waals surface area contributed by atoms with Crippen LogP contribution < -0.4 is 15.0 Å². The maximum absolute atomic E-state index is 12.7. The summed E-state index contributed by atoms with van der Waals surface area (Å²) in [7, 11) is -3.36. The zero-order chi connectivity index (χ0) is 26.2. The quantitative estimate of drug-likeness (QED) is 0.507. The molecule has 37 heavy (non-hydrogen) atoms. The predicted molar refractivity (Wildman–Crippen MR) is 142 cm³/mol. The number of aromatic nitrogens is 2. The van der Waals surface area contributed by atoms with E-state index in [1.165, 1.54) is 6.26 Å². The molecule has 194 valence electrons. The Labute approximate surface area is 216 Å². The zero-order valence-electron chi connectivity index (χ0n) is 21.0. The summed E-state index contributed by atoms with van der Waals surface area (Å²) in [6.45, 7) is 5.26. The summed E-state index contributed by atoms with van der Waals surface area (Å²) in [6.07, 6.45) is 1.76. The van der Waals surface area contributed by atoms with Crippen LogP contribution in [0.2, 0.25) is 0 Å². The van der Waals surface area contributed by atoms with Crippen molar-refractivity contribution in [3.8, 4) is 17.1 Å². The molecular weight excluding hydrogens is 492 g/mol. The van der Waals surface area contributed by atoms with Gasteiger partial charge >= 0.3 is 6.09 Å². The lowest BCUT2D eigenvalue weighted by molar-refractivity contribution is 0.0752. The molecule has 0 radical (unpaired) electrons. The topological polar surface area (TPSA) is 111 Å². The Morgan fingerprint density at radius 2 is 1.68 bits per heavy atom. The molecule has 0 bridgehead atoms. The van der Waals surface area contributed by atoms with Gasteiger partial charge in [-0.2, -0.15) is 0 Å². The molecule has 1 saturated carbocycles. The van der Waals surface area contributed by atoms with Crippen molar-refractivity contribution in [1.82, 2.24) is 9.97 Å². The Kier molecular flexibility index (Phi) is 6.63. The van der Waals surface area contributed by atoms with E-state index < -0.39 is 20.7 Å². The molecule has 2 fully saturated rings. The number of morpholine rings is 1. The van der Waals surface area contributed by atoms with E-state index in [9.17, 15) is 13.2 Å². The Hall–Kier alpha value is -3.50. The highest BCUT2D eigenvalue weighted by Crippen LogP contribution is 2.52. The van der Waals surface area contributed by atoms with Crippen LogP contribution in [0.3, 0.4) is 0 Å². The maximum atomic E-state index is 12.7. The average molecular weight is 523 g/mol. The van der Waals surface area contributed by atoms with Crippen LogP contribution >= 0.6 is 0 Å². The van der Waals surface area contributed by atoms with E-state index in [4.69, 9.17) is 19.4 Å². The number of ether oxygens (including phenoxy) is 2. The standard InChI is InChI=1S/C27H30N4O5S/c1-18-16-35-17-19(2)31(18)24-15-23(27(13-14-27)37(3,33)34)29-25(30-24)20-9-11-21(12-10-20)28-26(32)36-22-7-5-4-6-8-22/h4-12,15,18-19H,13-14,16-17H2,1-3H3,(H,28,32). The third kappa shape index (κ3) is 5.17. The Morgan fingerprint density at radius 3 is 2.27 bits per heavy atom. The van der Waals surface area contributed by atoms with Gasteiger partial charge in [0.05, 0.1) is 31.0 Å². The first-order chi connectivity index (χ1) is 17.7. The average Bonchev–Trinajstić information content (AvgIpc) is 3.67. The zero-order valence-corrected chi connectivity index (χ0v) is 21.9. The van der Waals surface area contributed by atoms with Gasteiger partial charge in [0.1, 0.15) is 16.3 Å². The van der Waals surface area contributed by atoms with Crippen LogP contribution in [0.25, 0.3) is 11.4 Å². The minimum absolute atomic E-state index is 0.0786. The number of para-hydroxylation sites is 1. The number of amides is 1. The minimum Gasteiger partial charge on any atom is -0.410 e. The highest BCUT2D eigenvalue weighted by Gasteiger charge is 2.55. The smallest absolute Gasteiger partial charge is 0.410 e. The lowest BCUT2D eigenvalue weighted by Crippen LogP contribution is -2.50. The molecule has 9 nitrogen and oxygen atoms in total. The Bertz CT molecular complexity index is 1380. The number of carbonyl (C=O) groups is 1. The molecule has 2 aromatic carbocycles. The van der Waals surface area contributed by atoms with Crippen molar-refractivity contribution in [2.45, 2.75) is 43.5 Å². The van der Waals surface area contributed by atoms with Gasteiger partial charge < -0.3 is 14.4 Å². The van der Waals surface area contributed by atoms with Gasteiger partial charge in [-0.1, -0.05) is 18.2 Å². The lowest BCUT2D eigenvalue weighted by Gasteiger charge is -2.40. The molecule has 2 atom stereocenters. The minimum atomic E-state index is -3.36. The van der Waals surface area contributed by atoms with E-state index >= 15 is 0 Å². The van der Waals surface area contributed by atoms with E-state index in [-0.39, 0.29) is 12.1 Å². The van der Waals surface area contributed by atoms with E-state index in [1.807, 2.05) is 12.1 Å². The molecule has 1 aromatic heterocycles. The molecule has 1 N–H and O–H groups in total. The van der Waals surface area contributed by atoms with Crippen molar-refractivity contribution < 1.29 is 22.7 Å². The molecule has 1 saturated heterocycles. The van der Waals surface area contributed by atoms with Crippen LogP contribution in [0.15, 0.2) is 60.7 Å². The molecule has 5 rings (SSSR count). The number of rotatable bonds is 6. The van der Waals surface area contributed by atoms with Crippen LogP contribution in [0, 0.1) is 0 Å². The van der Waals surface area contributed by atoms with Crippen molar-refractivity contribution in [3.05, 3.63) is 66.4 Å². The summed E-state index contributed by atoms with van der Waals surface area (Å²) < 4.78 is 35.4. The van der Waals surface area contributed by atoms with Gasteiger partial charge in [0, 0.05) is 23.6 Å². The van der Waals surface area contributed by atoms with Crippen LogP contribution in [-0.4, -0.2) is 56.0 Å². The first kappa shape index (κ1) is 25.2. The predicted octanol–water partition coefficient (Wildman–Crippen LogP) is 4.40. The normalized spacial score (nSPS) is 20.8. The fourth-order valence-electron chi connectivity index (χ4n) is 4.76. The van der Waals surface area contributed by atoms with Gasteiger partial charge in [0.15, 0.2) is 15.7 Å². The fourth-order valence-corrected chi connectivity index (χ4v) is 6.09. The fraction of sp³-hybridized carbons (Fsp3) is 0.370. The van der Waals surface area contributed by atoms with Crippen molar-refractivity contribution in [3.63, 3.8) is 0 Å². The molecule has 10 heteroatoms. The van der Waals surface area contributed by atoms with Crippen LogP contribution in [0.5, 0.6) is 5.75 Å². The summed E-state index contributed by atoms with van der Waals surface area (Å²) in [5.74, 6) is 1.57. The van der Waals surface area contributed by atoms with Crippen molar-refractivity contribution in [2.24, 2.45) is 0 Å². The third-order valence-corrected chi connectivity index (χ3v) is 8.91. The molecule has 1 amide bonds. The van der Waals surface area contributed by atoms with Crippen LogP contribution in [0.4, 0.5) is 16.3 Å². The van der Waals surface area contributed by atoms with Crippen LogP contribution in [0.1, 0.15) is 32.4 Å². The highest BCUT2D eigenvalue weighted by atomic mass is 32.2. The Balaban J connectivity index is 1.45. The molecule has 2 unspecified atom stereocenters. The summed E-state index contributed by atoms with van der Waals surface area (Å²) >= 11 is 0. The number of nitrogens with zero attached hydrogens (tertiary/aromatic N) is 3. The van der Waals surface area contributed by atoms with Gasteiger partial charge in [-0.05, 0) is 63.1 Å². The van der Waals surface area contributed by atoms with E-state index in [1.54, 1.807) is 48.5 Å². The summed E-state index contributed by atoms with van der Waals surface area (Å²) in [6, 6.07) is 17.9. The van der Waals surface area contributed by atoms with E-state index in [2.05, 4.69) is 24.1 Å². The number of carbonyl (C=O) groups excluding carboxylic acids is 1. The van der Waals surface area contributed by atoms with Gasteiger partial charge in [0.25, 0.3) is 0 Å². The number of sulfone groups is 1. The van der Waals surface area contributed by atoms with Crippen molar-refractivity contribution in [1.29, 1.82) is 0 Å². The maximum Gasteiger partial charge on any atom is 0.417 e. The number of anilines is 2. The highest BCUT2D eigenvalue weighted by molar-refractivity contribution is 7.91. The SMILES string of the molecule is CC1COCC(C)N1c1cc(C2(S(C)(=O)=O)CC2)nc(-c2ccc(NC(=O)Oc3ccccc3)cc2)n1. The first-order valence-electron chi connectivity index (χ1n) is 12.3. The lowest BCUT2D eigenvalue weighted by atomic mass is 10.1. The molecule has 1 aliphatic carbocycles. The third-order valence-electron chi connectivity index (χ3n) is 6.87. The second-order valence-electron chi connectivity index (χ2n) is 9.75. The summed E-state index contributed by atoms with van der Waals surface area (Å²) in [4.78, 5) is 24.0. The van der Waals surface area contributed by atoms with Gasteiger partial charge in [-0.15, -0.1) is 0 Å². The summed E-state index contributed by atoms with van der Waals surface area (Å²) in [5, 5.41) is 2.71.